The number of hydrogen-bond donors (Lipinski definition) is 2. The van der Waals surface area contributed by atoms with Crippen LogP contribution in [0.4, 0.5) is 20.2 Å². The Bertz CT molecular complexity index is 1710. The minimum atomic E-state index is -4.19. The molecule has 2 atom stereocenters. The van der Waals surface area contributed by atoms with E-state index < -0.39 is 39.7 Å². The normalized spacial score (nSPS) is 19.6. The monoisotopic (exact) mass is 581 g/mol. The number of imidazole rings is 1. The van der Waals surface area contributed by atoms with Crippen molar-refractivity contribution in [2.75, 3.05) is 29.4 Å². The maximum Gasteiger partial charge on any atom is 0.283 e. The first kappa shape index (κ1) is 27.2. The summed E-state index contributed by atoms with van der Waals surface area (Å²) in [7, 11) is -4.19. The maximum atomic E-state index is 14.7. The van der Waals surface area contributed by atoms with Crippen LogP contribution < -0.4 is 14.5 Å². The number of halogens is 2. The second-order valence-electron chi connectivity index (χ2n) is 10.4. The molecule has 2 aromatic heterocycles. The SMILES string of the molecule is O=C(NS(=O)(=O)c1ccc(N2CCC(O)C2)cc1)c1cnc2ccc(N3CCCCC3c3cc(F)ccc3F)cn12. The molecule has 2 fully saturated rings. The number of sulfonamides is 1. The van der Waals surface area contributed by atoms with Crippen LogP contribution in [-0.2, 0) is 10.0 Å². The highest BCUT2D eigenvalue weighted by molar-refractivity contribution is 7.90. The zero-order valence-corrected chi connectivity index (χ0v) is 22.9. The molecule has 0 radical (unpaired) electrons. The first-order valence-corrected chi connectivity index (χ1v) is 15.0. The number of carbonyl (C=O) groups is 1. The largest absolute Gasteiger partial charge is 0.391 e. The fourth-order valence-electron chi connectivity index (χ4n) is 5.69. The van der Waals surface area contributed by atoms with Gasteiger partial charge in [0.25, 0.3) is 15.9 Å². The Morgan fingerprint density at radius 1 is 0.976 bits per heavy atom. The van der Waals surface area contributed by atoms with Crippen LogP contribution in [0.2, 0.25) is 0 Å². The highest BCUT2D eigenvalue weighted by Crippen LogP contribution is 2.36. The molecule has 4 heterocycles. The quantitative estimate of drug-likeness (QED) is 0.354. The number of rotatable bonds is 6. The third-order valence-electron chi connectivity index (χ3n) is 7.78. The lowest BCUT2D eigenvalue weighted by Gasteiger charge is -2.38. The van der Waals surface area contributed by atoms with E-state index >= 15 is 0 Å². The summed E-state index contributed by atoms with van der Waals surface area (Å²) in [5.41, 5.74) is 2.17. The molecule has 2 aliphatic rings. The fraction of sp³-hybridized carbons (Fsp3) is 0.310. The lowest BCUT2D eigenvalue weighted by atomic mass is 9.94. The van der Waals surface area contributed by atoms with Crippen LogP contribution in [0.5, 0.6) is 0 Å². The Morgan fingerprint density at radius 2 is 1.76 bits per heavy atom. The first-order chi connectivity index (χ1) is 19.7. The summed E-state index contributed by atoms with van der Waals surface area (Å²) in [5, 5.41) is 9.76. The molecule has 2 aromatic carbocycles. The van der Waals surface area contributed by atoms with Gasteiger partial charge in [0, 0.05) is 37.1 Å². The van der Waals surface area contributed by atoms with Gasteiger partial charge in [-0.3, -0.25) is 9.20 Å². The lowest BCUT2D eigenvalue weighted by Crippen LogP contribution is -2.34. The van der Waals surface area contributed by atoms with Crippen molar-refractivity contribution < 1.29 is 27.1 Å². The van der Waals surface area contributed by atoms with Crippen LogP contribution >= 0.6 is 0 Å². The van der Waals surface area contributed by atoms with E-state index in [0.717, 1.165) is 30.7 Å². The third-order valence-corrected chi connectivity index (χ3v) is 9.12. The van der Waals surface area contributed by atoms with Crippen LogP contribution in [-0.4, -0.2) is 54.6 Å². The number of nitrogens with one attached hydrogen (secondary N) is 1. The van der Waals surface area contributed by atoms with E-state index in [0.29, 0.717) is 43.8 Å². The van der Waals surface area contributed by atoms with E-state index in [2.05, 4.69) is 9.71 Å². The molecule has 1 amide bonds. The molecule has 6 rings (SSSR count). The van der Waals surface area contributed by atoms with Gasteiger partial charge in [-0.1, -0.05) is 0 Å². The number of benzene rings is 2. The van der Waals surface area contributed by atoms with E-state index in [-0.39, 0.29) is 16.2 Å². The van der Waals surface area contributed by atoms with Gasteiger partial charge in [0.15, 0.2) is 0 Å². The number of amides is 1. The standard InChI is InChI=1S/C29H29F2N5O4S/c30-19-4-10-25(31)24(15-19)26-3-1-2-13-35(26)21-7-11-28-32-16-27(36(28)17-21)29(38)33-41(39,40)23-8-5-20(6-9-23)34-14-12-22(37)18-34/h4-11,15-17,22,26,37H,1-3,12-14,18H2,(H,33,38). The van der Waals surface area contributed by atoms with Crippen LogP contribution in [0, 0.1) is 11.6 Å². The van der Waals surface area contributed by atoms with E-state index in [4.69, 9.17) is 0 Å². The Labute approximate surface area is 236 Å². The Balaban J connectivity index is 1.25. The van der Waals surface area contributed by atoms with Crippen molar-refractivity contribution in [1.82, 2.24) is 14.1 Å². The van der Waals surface area contributed by atoms with Crippen molar-refractivity contribution in [2.24, 2.45) is 0 Å². The second kappa shape index (κ2) is 10.7. The summed E-state index contributed by atoms with van der Waals surface area (Å²) >= 11 is 0. The molecule has 0 spiro atoms. The molecule has 214 valence electrons. The first-order valence-electron chi connectivity index (χ1n) is 13.5. The number of pyridine rings is 1. The summed E-state index contributed by atoms with van der Waals surface area (Å²) in [6.45, 7) is 1.76. The molecule has 0 aliphatic carbocycles. The number of aromatic nitrogens is 2. The van der Waals surface area contributed by atoms with Crippen LogP contribution in [0.1, 0.15) is 47.8 Å². The number of fused-ring (bicyclic) bond motifs is 1. The van der Waals surface area contributed by atoms with E-state index in [1.54, 1.807) is 30.5 Å². The van der Waals surface area contributed by atoms with E-state index in [1.165, 1.54) is 28.8 Å². The molecule has 12 heteroatoms. The van der Waals surface area contributed by atoms with Gasteiger partial charge < -0.3 is 14.9 Å². The average molecular weight is 582 g/mol. The lowest BCUT2D eigenvalue weighted by molar-refractivity contribution is 0.0975. The molecule has 9 nitrogen and oxygen atoms in total. The summed E-state index contributed by atoms with van der Waals surface area (Å²) < 4.78 is 58.4. The van der Waals surface area contributed by atoms with Gasteiger partial charge in [-0.2, -0.15) is 0 Å². The molecule has 0 bridgehead atoms. The molecular formula is C29H29F2N5O4S. The predicted molar refractivity (Wildman–Crippen MR) is 149 cm³/mol. The average Bonchev–Trinajstić information content (AvgIpc) is 3.60. The van der Waals surface area contributed by atoms with Gasteiger partial charge in [-0.25, -0.2) is 26.9 Å². The molecule has 2 aliphatic heterocycles. The summed E-state index contributed by atoms with van der Waals surface area (Å²) in [4.78, 5) is 21.3. The van der Waals surface area contributed by atoms with Crippen LogP contribution in [0.15, 0.2) is 71.9 Å². The van der Waals surface area contributed by atoms with E-state index in [9.17, 15) is 27.1 Å². The number of piperidine rings is 1. The smallest absolute Gasteiger partial charge is 0.283 e. The van der Waals surface area contributed by atoms with Gasteiger partial charge in [0.1, 0.15) is 23.0 Å². The highest BCUT2D eigenvalue weighted by Gasteiger charge is 2.28. The Morgan fingerprint density at radius 3 is 2.51 bits per heavy atom. The molecule has 2 N–H and O–H groups in total. The van der Waals surface area contributed by atoms with Gasteiger partial charge in [0.2, 0.25) is 0 Å². The highest BCUT2D eigenvalue weighted by atomic mass is 32.2. The molecule has 4 aromatic rings. The van der Waals surface area contributed by atoms with Crippen molar-refractivity contribution >= 4 is 33.0 Å². The molecule has 41 heavy (non-hydrogen) atoms. The van der Waals surface area contributed by atoms with Gasteiger partial charge >= 0.3 is 0 Å². The number of anilines is 2. The van der Waals surface area contributed by atoms with Gasteiger partial charge in [-0.15, -0.1) is 0 Å². The molecule has 2 unspecified atom stereocenters. The molecule has 2 saturated heterocycles. The number of carbonyl (C=O) groups excluding carboxylic acids is 1. The minimum Gasteiger partial charge on any atom is -0.391 e. The summed E-state index contributed by atoms with van der Waals surface area (Å²) in [6, 6.07) is 12.7. The number of β-amino-alcohol motifs (C(OH)–C–C–N with tert-alkyl or cyclic N) is 1. The maximum absolute atomic E-state index is 14.7. The van der Waals surface area contributed by atoms with Crippen molar-refractivity contribution in [1.29, 1.82) is 0 Å². The van der Waals surface area contributed by atoms with Crippen molar-refractivity contribution in [2.45, 2.75) is 42.7 Å². The zero-order valence-electron chi connectivity index (χ0n) is 22.1. The van der Waals surface area contributed by atoms with Crippen LogP contribution in [0.3, 0.4) is 0 Å². The number of aliphatic hydroxyl groups is 1. The number of nitrogens with zero attached hydrogens (tertiary/aromatic N) is 4. The second-order valence-corrected chi connectivity index (χ2v) is 12.1. The predicted octanol–water partition coefficient (Wildman–Crippen LogP) is 4.03. The fourth-order valence-corrected chi connectivity index (χ4v) is 6.65. The van der Waals surface area contributed by atoms with Crippen molar-refractivity contribution in [3.8, 4) is 0 Å². The van der Waals surface area contributed by atoms with Crippen LogP contribution in [0.25, 0.3) is 5.65 Å². The van der Waals surface area contributed by atoms with Crippen molar-refractivity contribution in [3.05, 3.63) is 89.9 Å². The minimum absolute atomic E-state index is 0.0126. The van der Waals surface area contributed by atoms with Crippen molar-refractivity contribution in [3.63, 3.8) is 0 Å². The number of hydrogen-bond acceptors (Lipinski definition) is 7. The Kier molecular flexibility index (Phi) is 7.12. The third kappa shape index (κ3) is 5.36. The molecular weight excluding hydrogens is 552 g/mol. The van der Waals surface area contributed by atoms with Gasteiger partial charge in [0.05, 0.1) is 28.9 Å². The Hall–Kier alpha value is -4.03. The van der Waals surface area contributed by atoms with Gasteiger partial charge in [-0.05, 0) is 80.3 Å². The van der Waals surface area contributed by atoms with E-state index in [1.807, 2.05) is 9.80 Å². The molecule has 0 saturated carbocycles. The zero-order chi connectivity index (χ0) is 28.7. The summed E-state index contributed by atoms with van der Waals surface area (Å²) in [6.07, 6.45) is 5.55. The number of aliphatic hydroxyl groups excluding tert-OH is 1. The summed E-state index contributed by atoms with van der Waals surface area (Å²) in [5.74, 6) is -1.85. The topological polar surface area (TPSA) is 107 Å².